The molecule has 0 saturated heterocycles. The molecule has 0 aromatic heterocycles. The average molecular weight is 264 g/mol. The van der Waals surface area contributed by atoms with Crippen LogP contribution >= 0.6 is 0 Å². The zero-order valence-electron chi connectivity index (χ0n) is 11.8. The summed E-state index contributed by atoms with van der Waals surface area (Å²) in [6, 6.07) is 7.58. The number of para-hydroxylation sites is 1. The van der Waals surface area contributed by atoms with Crippen LogP contribution in [0.3, 0.4) is 0 Å². The fraction of sp³-hybridized carbons (Fsp3) is 0.533. The van der Waals surface area contributed by atoms with E-state index in [4.69, 9.17) is 16.2 Å². The van der Waals surface area contributed by atoms with Crippen LogP contribution in [0.4, 0.5) is 5.69 Å². The van der Waals surface area contributed by atoms with E-state index >= 15 is 0 Å². The van der Waals surface area contributed by atoms with E-state index in [0.29, 0.717) is 25.1 Å². The first-order chi connectivity index (χ1) is 9.09. The molecule has 0 fully saturated rings. The second-order valence-corrected chi connectivity index (χ2v) is 4.83. The molecule has 1 rings (SSSR count). The van der Waals surface area contributed by atoms with Gasteiger partial charge < -0.3 is 16.2 Å². The third kappa shape index (κ3) is 3.70. The first-order valence-electron chi connectivity index (χ1n) is 6.80. The molecule has 1 aromatic carbocycles. The average Bonchev–Trinajstić information content (AvgIpc) is 2.41. The quantitative estimate of drug-likeness (QED) is 0.584. The van der Waals surface area contributed by atoms with Crippen molar-refractivity contribution in [3.05, 3.63) is 29.8 Å². The van der Waals surface area contributed by atoms with Crippen LogP contribution in [0.15, 0.2) is 24.3 Å². The molecule has 0 heterocycles. The summed E-state index contributed by atoms with van der Waals surface area (Å²) in [7, 11) is 0. The van der Waals surface area contributed by atoms with Gasteiger partial charge in [0, 0.05) is 12.2 Å². The number of hydrogen-bond donors (Lipinski definition) is 2. The number of carbonyl (C=O) groups is 1. The van der Waals surface area contributed by atoms with Crippen molar-refractivity contribution in [3.8, 4) is 0 Å². The van der Waals surface area contributed by atoms with Crippen molar-refractivity contribution >= 4 is 11.7 Å². The van der Waals surface area contributed by atoms with Crippen molar-refractivity contribution in [2.24, 2.45) is 11.1 Å². The van der Waals surface area contributed by atoms with E-state index in [1.165, 1.54) is 0 Å². The number of ether oxygens (including phenoxy) is 1. The van der Waals surface area contributed by atoms with Gasteiger partial charge in [-0.2, -0.15) is 0 Å². The molecule has 4 heteroatoms. The number of carbonyl (C=O) groups excluding carboxylic acids is 1. The summed E-state index contributed by atoms with van der Waals surface area (Å²) in [6.45, 7) is 4.49. The minimum absolute atomic E-state index is 0.220. The van der Waals surface area contributed by atoms with Gasteiger partial charge in [0.2, 0.25) is 0 Å². The lowest BCUT2D eigenvalue weighted by Crippen LogP contribution is -2.42. The van der Waals surface area contributed by atoms with Crippen molar-refractivity contribution in [1.82, 2.24) is 0 Å². The minimum Gasteiger partial charge on any atom is -0.466 e. The van der Waals surface area contributed by atoms with Crippen LogP contribution in [0.5, 0.6) is 0 Å². The highest BCUT2D eigenvalue weighted by Crippen LogP contribution is 2.31. The van der Waals surface area contributed by atoms with Crippen molar-refractivity contribution < 1.29 is 9.53 Å². The molecular weight excluding hydrogens is 240 g/mol. The number of hydrogen-bond acceptors (Lipinski definition) is 4. The van der Waals surface area contributed by atoms with Gasteiger partial charge in [-0.3, -0.25) is 4.79 Å². The maximum Gasteiger partial charge on any atom is 0.313 e. The Labute approximate surface area is 115 Å². The Kier molecular flexibility index (Phi) is 5.83. The van der Waals surface area contributed by atoms with E-state index in [9.17, 15) is 4.79 Å². The van der Waals surface area contributed by atoms with Crippen molar-refractivity contribution in [1.29, 1.82) is 0 Å². The lowest BCUT2D eigenvalue weighted by atomic mass is 9.77. The Bertz CT molecular complexity index is 420. The molecule has 19 heavy (non-hydrogen) atoms. The number of rotatable bonds is 7. The van der Waals surface area contributed by atoms with Crippen molar-refractivity contribution in [2.75, 3.05) is 18.9 Å². The largest absolute Gasteiger partial charge is 0.466 e. The van der Waals surface area contributed by atoms with Crippen LogP contribution in [0.1, 0.15) is 32.3 Å². The molecule has 0 amide bonds. The Morgan fingerprint density at radius 2 is 2.00 bits per heavy atom. The Hall–Kier alpha value is -1.55. The van der Waals surface area contributed by atoms with Gasteiger partial charge >= 0.3 is 5.97 Å². The molecule has 0 aliphatic rings. The molecule has 0 aliphatic carbocycles. The molecule has 0 radical (unpaired) electrons. The van der Waals surface area contributed by atoms with Crippen molar-refractivity contribution in [2.45, 2.75) is 33.1 Å². The number of anilines is 1. The third-order valence-corrected chi connectivity index (χ3v) is 3.41. The molecule has 1 aromatic rings. The van der Waals surface area contributed by atoms with Gasteiger partial charge in [0.15, 0.2) is 0 Å². The molecule has 0 bridgehead atoms. The van der Waals surface area contributed by atoms with Crippen LogP contribution in [-0.2, 0) is 16.0 Å². The summed E-state index contributed by atoms with van der Waals surface area (Å²) in [4.78, 5) is 12.3. The first kappa shape index (κ1) is 15.5. The summed E-state index contributed by atoms with van der Waals surface area (Å²) in [5, 5.41) is 0. The monoisotopic (exact) mass is 264 g/mol. The summed E-state index contributed by atoms with van der Waals surface area (Å²) in [5.41, 5.74) is 12.8. The fourth-order valence-electron chi connectivity index (χ4n) is 2.34. The predicted molar refractivity (Wildman–Crippen MR) is 77.6 cm³/mol. The highest BCUT2D eigenvalue weighted by atomic mass is 16.5. The Morgan fingerprint density at radius 3 is 2.53 bits per heavy atom. The molecule has 1 unspecified atom stereocenters. The van der Waals surface area contributed by atoms with Crippen LogP contribution in [0.25, 0.3) is 0 Å². The molecule has 1 atom stereocenters. The summed E-state index contributed by atoms with van der Waals surface area (Å²) in [5.74, 6) is -0.220. The van der Waals surface area contributed by atoms with Crippen LogP contribution in [0, 0.1) is 5.41 Å². The zero-order valence-corrected chi connectivity index (χ0v) is 11.8. The Morgan fingerprint density at radius 1 is 1.32 bits per heavy atom. The fourth-order valence-corrected chi connectivity index (χ4v) is 2.34. The van der Waals surface area contributed by atoms with E-state index in [1.807, 2.05) is 38.1 Å². The smallest absolute Gasteiger partial charge is 0.313 e. The summed E-state index contributed by atoms with van der Waals surface area (Å²) >= 11 is 0. The predicted octanol–water partition coefficient (Wildman–Crippen LogP) is 2.12. The second-order valence-electron chi connectivity index (χ2n) is 4.83. The Balaban J connectivity index is 3.03. The lowest BCUT2D eigenvalue weighted by molar-refractivity contribution is -0.155. The van der Waals surface area contributed by atoms with Gasteiger partial charge in [0.25, 0.3) is 0 Å². The van der Waals surface area contributed by atoms with Crippen LogP contribution in [0.2, 0.25) is 0 Å². The molecule has 0 saturated carbocycles. The number of nitrogen functional groups attached to an aromatic ring is 1. The van der Waals surface area contributed by atoms with Gasteiger partial charge in [0.1, 0.15) is 0 Å². The number of nitrogens with two attached hydrogens (primary N) is 2. The molecule has 0 spiro atoms. The molecule has 0 aliphatic heterocycles. The van der Waals surface area contributed by atoms with E-state index in [1.54, 1.807) is 0 Å². The highest BCUT2D eigenvalue weighted by molar-refractivity contribution is 5.78. The SMILES string of the molecule is CCCC(CN)(Cc1ccccc1N)C(=O)OCC. The van der Waals surface area contributed by atoms with Gasteiger partial charge in [-0.05, 0) is 31.4 Å². The molecule has 4 nitrogen and oxygen atoms in total. The number of benzene rings is 1. The van der Waals surface area contributed by atoms with E-state index in [-0.39, 0.29) is 12.5 Å². The third-order valence-electron chi connectivity index (χ3n) is 3.41. The normalized spacial score (nSPS) is 13.8. The standard InChI is InChI=1S/C15H24N2O2/c1-3-9-15(11-16,14(18)19-4-2)10-12-7-5-6-8-13(12)17/h5-8H,3-4,9-11,16-17H2,1-2H3. The zero-order chi connectivity index (χ0) is 14.3. The number of esters is 1. The van der Waals surface area contributed by atoms with Crippen molar-refractivity contribution in [3.63, 3.8) is 0 Å². The van der Waals surface area contributed by atoms with Gasteiger partial charge in [-0.25, -0.2) is 0 Å². The van der Waals surface area contributed by atoms with Crippen LogP contribution in [-0.4, -0.2) is 19.1 Å². The maximum atomic E-state index is 12.3. The summed E-state index contributed by atoms with van der Waals surface area (Å²) in [6.07, 6.45) is 2.11. The first-order valence-corrected chi connectivity index (χ1v) is 6.80. The summed E-state index contributed by atoms with van der Waals surface area (Å²) < 4.78 is 5.20. The molecule has 106 valence electrons. The highest BCUT2D eigenvalue weighted by Gasteiger charge is 2.38. The van der Waals surface area contributed by atoms with E-state index in [0.717, 1.165) is 12.0 Å². The topological polar surface area (TPSA) is 78.3 Å². The van der Waals surface area contributed by atoms with Gasteiger partial charge in [-0.1, -0.05) is 31.5 Å². The molecular formula is C15H24N2O2. The maximum absolute atomic E-state index is 12.3. The second kappa shape index (κ2) is 7.14. The van der Waals surface area contributed by atoms with Gasteiger partial charge in [-0.15, -0.1) is 0 Å². The molecule has 4 N–H and O–H groups in total. The minimum atomic E-state index is -0.666. The van der Waals surface area contributed by atoms with Gasteiger partial charge in [0.05, 0.1) is 12.0 Å². The van der Waals surface area contributed by atoms with E-state index < -0.39 is 5.41 Å². The lowest BCUT2D eigenvalue weighted by Gasteiger charge is -2.30. The van der Waals surface area contributed by atoms with E-state index in [2.05, 4.69) is 0 Å². The van der Waals surface area contributed by atoms with Crippen LogP contribution < -0.4 is 11.5 Å².